The Hall–Kier alpha value is -3.89. The van der Waals surface area contributed by atoms with Crippen LogP contribution in [0.5, 0.6) is 5.75 Å². The number of rotatable bonds is 12. The number of methoxy groups -OCH3 is 1. The van der Waals surface area contributed by atoms with Crippen molar-refractivity contribution in [2.75, 3.05) is 32.5 Å². The first-order chi connectivity index (χ1) is 19.4. The van der Waals surface area contributed by atoms with Crippen LogP contribution in [0.15, 0.2) is 54.7 Å². The lowest BCUT2D eigenvalue weighted by Gasteiger charge is -2.29. The number of likely N-dealkylation sites (tertiary alicyclic amines) is 1. The zero-order valence-electron chi connectivity index (χ0n) is 23.4. The van der Waals surface area contributed by atoms with Crippen LogP contribution in [-0.4, -0.2) is 66.6 Å². The number of pyridine rings is 1. The van der Waals surface area contributed by atoms with Crippen molar-refractivity contribution in [1.82, 2.24) is 20.5 Å². The molecule has 0 spiro atoms. The highest BCUT2D eigenvalue weighted by molar-refractivity contribution is 5.92. The zero-order chi connectivity index (χ0) is 28.5. The number of carbonyl (C=O) groups is 3. The molecule has 4 N–H and O–H groups in total. The van der Waals surface area contributed by atoms with E-state index in [4.69, 9.17) is 15.2 Å². The van der Waals surface area contributed by atoms with E-state index in [1.807, 2.05) is 55.5 Å². The summed E-state index contributed by atoms with van der Waals surface area (Å²) in [5.41, 5.74) is 7.77. The van der Waals surface area contributed by atoms with Gasteiger partial charge < -0.3 is 25.4 Å². The Bertz CT molecular complexity index is 1340. The smallest absolute Gasteiger partial charge is 0.319 e. The molecule has 3 aromatic rings. The van der Waals surface area contributed by atoms with Gasteiger partial charge in [0.15, 0.2) is 0 Å². The molecule has 1 aliphatic heterocycles. The maximum absolute atomic E-state index is 13.8. The van der Waals surface area contributed by atoms with Crippen LogP contribution in [0.2, 0.25) is 0 Å². The van der Waals surface area contributed by atoms with Crippen LogP contribution in [0.4, 0.5) is 5.82 Å². The number of ether oxygens (including phenoxy) is 2. The van der Waals surface area contributed by atoms with Gasteiger partial charge in [0.25, 0.3) is 0 Å². The number of fused-ring (bicyclic) bond motifs is 1. The second-order valence-electron chi connectivity index (χ2n) is 9.87. The Morgan fingerprint density at radius 1 is 1.12 bits per heavy atom. The Morgan fingerprint density at radius 2 is 1.88 bits per heavy atom. The highest BCUT2D eigenvalue weighted by Crippen LogP contribution is 2.22. The summed E-state index contributed by atoms with van der Waals surface area (Å²) in [5.74, 6) is 0.337. The van der Waals surface area contributed by atoms with Crippen molar-refractivity contribution < 1.29 is 23.9 Å². The minimum Gasteiger partial charge on any atom is -0.497 e. The summed E-state index contributed by atoms with van der Waals surface area (Å²) in [6.07, 6.45) is 4.02. The van der Waals surface area contributed by atoms with E-state index in [1.54, 1.807) is 18.2 Å². The molecule has 41 heavy (non-hydrogen) atoms. The molecule has 1 fully saturated rings. The number of anilines is 1. The van der Waals surface area contributed by atoms with E-state index in [0.29, 0.717) is 44.1 Å². The number of nitrogens with one attached hydrogen (secondary N) is 2. The summed E-state index contributed by atoms with van der Waals surface area (Å²) in [4.78, 5) is 44.9. The molecule has 11 heteroatoms. The summed E-state index contributed by atoms with van der Waals surface area (Å²) in [7, 11) is 1.59. The molecule has 0 aliphatic carbocycles. The number of aromatic nitrogens is 1. The molecule has 4 rings (SSSR count). The Kier molecular flexibility index (Phi) is 11.7. The third-order valence-corrected chi connectivity index (χ3v) is 7.02. The van der Waals surface area contributed by atoms with E-state index in [1.165, 1.54) is 0 Å². The van der Waals surface area contributed by atoms with E-state index in [2.05, 4.69) is 15.6 Å². The van der Waals surface area contributed by atoms with Gasteiger partial charge in [0.05, 0.1) is 26.3 Å². The van der Waals surface area contributed by atoms with E-state index in [9.17, 15) is 14.4 Å². The van der Waals surface area contributed by atoms with Crippen molar-refractivity contribution in [3.05, 3.63) is 65.9 Å². The van der Waals surface area contributed by atoms with Gasteiger partial charge in [-0.25, -0.2) is 4.98 Å². The molecule has 2 heterocycles. The van der Waals surface area contributed by atoms with E-state index in [0.717, 1.165) is 34.7 Å². The predicted octanol–water partition coefficient (Wildman–Crippen LogP) is 3.01. The standard InChI is InChI=1S/C30H37N5O5.ClH/c1-3-15-40-27(36)19-33-25(17-20-6-9-23(39-2)10-7-20)30(38)35-14-4-5-26(35)29(37)34-18-21-8-11-24-22(16-21)12-13-32-28(24)31;/h6-13,16,25-26,33H,3-5,14-15,17-19H2,1-2H3,(H2,31,32)(H,34,37);1H/t25-,26+;/m1./s1. The van der Waals surface area contributed by atoms with Gasteiger partial charge in [-0.2, -0.15) is 0 Å². The molecule has 1 saturated heterocycles. The molecule has 0 radical (unpaired) electrons. The summed E-state index contributed by atoms with van der Waals surface area (Å²) in [6.45, 7) is 2.95. The minimum absolute atomic E-state index is 0. The Balaban J connectivity index is 0.00000462. The lowest BCUT2D eigenvalue weighted by molar-refractivity contribution is -0.144. The van der Waals surface area contributed by atoms with Gasteiger partial charge in [-0.15, -0.1) is 12.4 Å². The van der Waals surface area contributed by atoms with Crippen LogP contribution in [0, 0.1) is 0 Å². The second kappa shape index (κ2) is 15.2. The topological polar surface area (TPSA) is 136 Å². The monoisotopic (exact) mass is 583 g/mol. The van der Waals surface area contributed by atoms with Crippen molar-refractivity contribution in [1.29, 1.82) is 0 Å². The van der Waals surface area contributed by atoms with Crippen molar-refractivity contribution in [2.24, 2.45) is 0 Å². The molecule has 0 saturated carbocycles. The molecular weight excluding hydrogens is 546 g/mol. The molecule has 2 atom stereocenters. The summed E-state index contributed by atoms with van der Waals surface area (Å²) < 4.78 is 10.4. The average molecular weight is 584 g/mol. The Morgan fingerprint density at radius 3 is 2.61 bits per heavy atom. The second-order valence-corrected chi connectivity index (χ2v) is 9.87. The maximum atomic E-state index is 13.8. The van der Waals surface area contributed by atoms with Gasteiger partial charge in [0.1, 0.15) is 17.6 Å². The molecule has 0 unspecified atom stereocenters. The van der Waals surface area contributed by atoms with E-state index < -0.39 is 18.1 Å². The van der Waals surface area contributed by atoms with E-state index in [-0.39, 0.29) is 30.8 Å². The molecule has 220 valence electrons. The fourth-order valence-corrected chi connectivity index (χ4v) is 4.89. The number of nitrogens with zero attached hydrogens (tertiary/aromatic N) is 2. The molecule has 10 nitrogen and oxygen atoms in total. The van der Waals surface area contributed by atoms with Crippen molar-refractivity contribution in [2.45, 2.75) is 51.2 Å². The lowest BCUT2D eigenvalue weighted by atomic mass is 10.0. The average Bonchev–Trinajstić information content (AvgIpc) is 3.47. The first kappa shape index (κ1) is 31.6. The lowest BCUT2D eigenvalue weighted by Crippen LogP contribution is -2.53. The molecule has 2 amide bonds. The third-order valence-electron chi connectivity index (χ3n) is 7.02. The third kappa shape index (κ3) is 8.31. The van der Waals surface area contributed by atoms with Crippen LogP contribution in [0.3, 0.4) is 0 Å². The zero-order valence-corrected chi connectivity index (χ0v) is 24.2. The maximum Gasteiger partial charge on any atom is 0.319 e. The number of nitrogens with two attached hydrogens (primary N) is 1. The first-order valence-corrected chi connectivity index (χ1v) is 13.6. The Labute approximate surface area is 246 Å². The molecular formula is C30H38ClN5O5. The van der Waals surface area contributed by atoms with Gasteiger partial charge in [-0.1, -0.05) is 31.2 Å². The summed E-state index contributed by atoms with van der Waals surface area (Å²) in [5, 5.41) is 7.88. The number of hydrogen-bond donors (Lipinski definition) is 3. The van der Waals surface area contributed by atoms with Crippen LogP contribution in [0.25, 0.3) is 10.8 Å². The number of halogens is 1. The fraction of sp³-hybridized carbons (Fsp3) is 0.400. The van der Waals surface area contributed by atoms with Crippen molar-refractivity contribution >= 4 is 46.8 Å². The highest BCUT2D eigenvalue weighted by atomic mass is 35.5. The molecule has 2 aromatic carbocycles. The van der Waals surface area contributed by atoms with Crippen LogP contribution >= 0.6 is 12.4 Å². The van der Waals surface area contributed by atoms with Gasteiger partial charge in [0, 0.05) is 24.7 Å². The fourth-order valence-electron chi connectivity index (χ4n) is 4.89. The van der Waals surface area contributed by atoms with Crippen molar-refractivity contribution in [3.63, 3.8) is 0 Å². The normalized spacial score (nSPS) is 15.2. The van der Waals surface area contributed by atoms with Crippen LogP contribution in [0.1, 0.15) is 37.3 Å². The highest BCUT2D eigenvalue weighted by Gasteiger charge is 2.37. The van der Waals surface area contributed by atoms with E-state index >= 15 is 0 Å². The van der Waals surface area contributed by atoms with Crippen LogP contribution in [-0.2, 0) is 32.1 Å². The van der Waals surface area contributed by atoms with Gasteiger partial charge in [-0.05, 0) is 66.5 Å². The van der Waals surface area contributed by atoms with Gasteiger partial charge >= 0.3 is 5.97 Å². The quantitative estimate of drug-likeness (QED) is 0.277. The SMILES string of the molecule is CCCOC(=O)CN[C@H](Cc1ccc(OC)cc1)C(=O)N1CCC[C@H]1C(=O)NCc1ccc2c(N)nccc2c1.Cl. The summed E-state index contributed by atoms with van der Waals surface area (Å²) in [6, 6.07) is 13.8. The first-order valence-electron chi connectivity index (χ1n) is 13.6. The molecule has 0 bridgehead atoms. The molecule has 1 aliphatic rings. The number of carbonyl (C=O) groups excluding carboxylic acids is 3. The van der Waals surface area contributed by atoms with Gasteiger partial charge in [-0.3, -0.25) is 19.7 Å². The predicted molar refractivity (Wildman–Crippen MR) is 160 cm³/mol. The van der Waals surface area contributed by atoms with Crippen LogP contribution < -0.4 is 21.1 Å². The summed E-state index contributed by atoms with van der Waals surface area (Å²) >= 11 is 0. The minimum atomic E-state index is -0.699. The number of nitrogen functional groups attached to an aromatic ring is 1. The number of amides is 2. The number of hydrogen-bond acceptors (Lipinski definition) is 8. The van der Waals surface area contributed by atoms with Crippen molar-refractivity contribution in [3.8, 4) is 5.75 Å². The van der Waals surface area contributed by atoms with Gasteiger partial charge in [0.2, 0.25) is 11.8 Å². The molecule has 1 aromatic heterocycles. The number of esters is 1. The number of benzene rings is 2. The largest absolute Gasteiger partial charge is 0.497 e.